The minimum Gasteiger partial charge on any atom is -0.395 e. The van der Waals surface area contributed by atoms with Crippen LogP contribution in [0.3, 0.4) is 0 Å². The van der Waals surface area contributed by atoms with Crippen LogP contribution in [0.1, 0.15) is 5.56 Å². The molecule has 0 heterocycles. The van der Waals surface area contributed by atoms with Gasteiger partial charge in [0.2, 0.25) is 0 Å². The molecule has 0 bridgehead atoms. The van der Waals surface area contributed by atoms with Crippen molar-refractivity contribution in [1.82, 2.24) is 0 Å². The second kappa shape index (κ2) is 4.76. The Morgan fingerprint density at radius 3 is 2.50 bits per heavy atom. The van der Waals surface area contributed by atoms with E-state index in [-0.39, 0.29) is 5.69 Å². The van der Waals surface area contributed by atoms with E-state index in [2.05, 4.69) is 6.07 Å². The van der Waals surface area contributed by atoms with Gasteiger partial charge in [0.05, 0.1) is 22.6 Å². The summed E-state index contributed by atoms with van der Waals surface area (Å²) in [5.74, 6) is -0.464. The van der Waals surface area contributed by atoms with Crippen molar-refractivity contribution in [1.29, 1.82) is 5.26 Å². The summed E-state index contributed by atoms with van der Waals surface area (Å²) < 4.78 is 13.4. The van der Waals surface area contributed by atoms with Gasteiger partial charge in [-0.25, -0.2) is 4.39 Å². The third-order valence-electron chi connectivity index (χ3n) is 2.78. The number of hydrogen-bond acceptors (Lipinski definition) is 3. The number of nitriles is 1. The van der Waals surface area contributed by atoms with E-state index in [1.165, 1.54) is 6.07 Å². The number of nitrogens with two attached hydrogens (primary N) is 1. The van der Waals surface area contributed by atoms with Gasteiger partial charge in [-0.2, -0.15) is 5.26 Å². The molecule has 3 nitrogen and oxygen atoms in total. The summed E-state index contributed by atoms with van der Waals surface area (Å²) in [7, 11) is 1.75. The van der Waals surface area contributed by atoms with Gasteiger partial charge in [0, 0.05) is 7.05 Å². The molecule has 0 saturated heterocycles. The van der Waals surface area contributed by atoms with Crippen LogP contribution in [-0.2, 0) is 0 Å². The monoisotopic (exact) mass is 241 g/mol. The van der Waals surface area contributed by atoms with Crippen LogP contribution in [0.2, 0.25) is 0 Å². The summed E-state index contributed by atoms with van der Waals surface area (Å²) in [6, 6.07) is 13.8. The lowest BCUT2D eigenvalue weighted by molar-refractivity contribution is 0.632. The van der Waals surface area contributed by atoms with Crippen molar-refractivity contribution >= 4 is 17.1 Å². The maximum absolute atomic E-state index is 13.4. The number of nitrogen functional groups attached to an aromatic ring is 1. The molecule has 0 amide bonds. The zero-order valence-electron chi connectivity index (χ0n) is 9.89. The molecule has 0 aliphatic heterocycles. The van der Waals surface area contributed by atoms with E-state index in [0.717, 1.165) is 0 Å². The first kappa shape index (κ1) is 11.9. The average Bonchev–Trinajstić information content (AvgIpc) is 2.41. The smallest absolute Gasteiger partial charge is 0.148 e. The number of para-hydroxylation sites is 2. The Morgan fingerprint density at radius 2 is 1.78 bits per heavy atom. The molecule has 2 aromatic rings. The van der Waals surface area contributed by atoms with Crippen LogP contribution < -0.4 is 10.6 Å². The third-order valence-corrected chi connectivity index (χ3v) is 2.78. The lowest BCUT2D eigenvalue weighted by Crippen LogP contribution is -2.13. The molecule has 90 valence electrons. The summed E-state index contributed by atoms with van der Waals surface area (Å²) in [6.07, 6.45) is 0. The molecule has 0 aromatic heterocycles. The Hall–Kier alpha value is -2.54. The minimum absolute atomic E-state index is 0.0766. The Kier molecular flexibility index (Phi) is 3.16. The first-order chi connectivity index (χ1) is 8.65. The summed E-state index contributed by atoms with van der Waals surface area (Å²) in [5.41, 5.74) is 7.54. The van der Waals surface area contributed by atoms with Crippen LogP contribution in [0.5, 0.6) is 0 Å². The van der Waals surface area contributed by atoms with Gasteiger partial charge in [0.1, 0.15) is 11.9 Å². The highest BCUT2D eigenvalue weighted by molar-refractivity contribution is 5.77. The van der Waals surface area contributed by atoms with Crippen LogP contribution in [0.25, 0.3) is 0 Å². The highest BCUT2D eigenvalue weighted by Gasteiger charge is 2.13. The van der Waals surface area contributed by atoms with Crippen LogP contribution in [-0.4, -0.2) is 7.05 Å². The van der Waals surface area contributed by atoms with Gasteiger partial charge in [0.15, 0.2) is 0 Å². The Balaban J connectivity index is 2.52. The molecule has 2 rings (SSSR count). The fourth-order valence-corrected chi connectivity index (χ4v) is 1.81. The molecule has 0 saturated carbocycles. The summed E-state index contributed by atoms with van der Waals surface area (Å²) in [5, 5.41) is 9.06. The second-order valence-electron chi connectivity index (χ2n) is 3.86. The molecule has 0 aliphatic carbocycles. The predicted molar refractivity (Wildman–Crippen MR) is 70.0 cm³/mol. The van der Waals surface area contributed by atoms with Gasteiger partial charge in [-0.1, -0.05) is 18.2 Å². The van der Waals surface area contributed by atoms with Gasteiger partial charge >= 0.3 is 0 Å². The van der Waals surface area contributed by atoms with Gasteiger partial charge in [-0.15, -0.1) is 0 Å². The first-order valence-electron chi connectivity index (χ1n) is 5.42. The highest BCUT2D eigenvalue weighted by atomic mass is 19.1. The van der Waals surface area contributed by atoms with E-state index in [9.17, 15) is 4.39 Å². The fourth-order valence-electron chi connectivity index (χ4n) is 1.81. The third kappa shape index (κ3) is 1.98. The zero-order valence-corrected chi connectivity index (χ0v) is 9.89. The normalized spacial score (nSPS) is 9.83. The molecule has 2 N–H and O–H groups in total. The van der Waals surface area contributed by atoms with Crippen LogP contribution >= 0.6 is 0 Å². The second-order valence-corrected chi connectivity index (χ2v) is 3.86. The molecule has 0 unspecified atom stereocenters. The van der Waals surface area contributed by atoms with Gasteiger partial charge < -0.3 is 10.6 Å². The molecule has 0 fully saturated rings. The van der Waals surface area contributed by atoms with Crippen molar-refractivity contribution in [2.75, 3.05) is 17.7 Å². The van der Waals surface area contributed by atoms with Crippen molar-refractivity contribution in [2.45, 2.75) is 0 Å². The Labute approximate surface area is 105 Å². The molecule has 0 radical (unpaired) electrons. The lowest BCUT2D eigenvalue weighted by atomic mass is 10.1. The van der Waals surface area contributed by atoms with Crippen LogP contribution in [0.15, 0.2) is 42.5 Å². The predicted octanol–water partition coefficient (Wildman–Crippen LogP) is 3.05. The van der Waals surface area contributed by atoms with Crippen molar-refractivity contribution in [3.63, 3.8) is 0 Å². The number of benzene rings is 2. The molecule has 0 atom stereocenters. The van der Waals surface area contributed by atoms with Crippen molar-refractivity contribution in [2.24, 2.45) is 0 Å². The lowest BCUT2D eigenvalue weighted by Gasteiger charge is -2.22. The van der Waals surface area contributed by atoms with E-state index in [1.54, 1.807) is 42.3 Å². The molecule has 2 aromatic carbocycles. The van der Waals surface area contributed by atoms with Gasteiger partial charge in [-0.05, 0) is 24.3 Å². The number of nitrogens with zero attached hydrogens (tertiary/aromatic N) is 2. The Morgan fingerprint density at radius 1 is 1.11 bits per heavy atom. The van der Waals surface area contributed by atoms with Crippen molar-refractivity contribution < 1.29 is 4.39 Å². The molecule has 0 spiro atoms. The standard InChI is InChI=1S/C14H12FN3/c1-18(12-7-3-2-5-10(12)9-16)13-8-4-6-11(15)14(13)17/h2-8H,17H2,1H3. The van der Waals surface area contributed by atoms with E-state index < -0.39 is 5.82 Å². The number of anilines is 3. The van der Waals surface area contributed by atoms with Crippen molar-refractivity contribution in [3.05, 3.63) is 53.8 Å². The number of halogens is 1. The van der Waals surface area contributed by atoms with E-state index in [1.807, 2.05) is 6.07 Å². The van der Waals surface area contributed by atoms with Gasteiger partial charge in [0.25, 0.3) is 0 Å². The topological polar surface area (TPSA) is 53.0 Å². The molecule has 18 heavy (non-hydrogen) atoms. The minimum atomic E-state index is -0.464. The molecular formula is C14H12FN3. The van der Waals surface area contributed by atoms with E-state index in [4.69, 9.17) is 11.0 Å². The van der Waals surface area contributed by atoms with Crippen LogP contribution in [0.4, 0.5) is 21.5 Å². The van der Waals surface area contributed by atoms with Crippen molar-refractivity contribution in [3.8, 4) is 6.07 Å². The SMILES string of the molecule is CN(c1ccccc1C#N)c1cccc(F)c1N. The highest BCUT2D eigenvalue weighted by Crippen LogP contribution is 2.31. The van der Waals surface area contributed by atoms with Crippen LogP contribution in [0, 0.1) is 17.1 Å². The zero-order chi connectivity index (χ0) is 13.1. The Bertz CT molecular complexity index is 617. The maximum Gasteiger partial charge on any atom is 0.148 e. The molecule has 0 aliphatic rings. The number of rotatable bonds is 2. The summed E-state index contributed by atoms with van der Waals surface area (Å²) in [4.78, 5) is 1.71. The maximum atomic E-state index is 13.4. The summed E-state index contributed by atoms with van der Waals surface area (Å²) >= 11 is 0. The fraction of sp³-hybridized carbons (Fsp3) is 0.0714. The molecule has 4 heteroatoms. The number of hydrogen-bond donors (Lipinski definition) is 1. The van der Waals surface area contributed by atoms with E-state index in [0.29, 0.717) is 16.9 Å². The average molecular weight is 241 g/mol. The quantitative estimate of drug-likeness (QED) is 0.822. The largest absolute Gasteiger partial charge is 0.395 e. The molecular weight excluding hydrogens is 229 g/mol. The first-order valence-corrected chi connectivity index (χ1v) is 5.42. The van der Waals surface area contributed by atoms with E-state index >= 15 is 0 Å². The summed E-state index contributed by atoms with van der Waals surface area (Å²) in [6.45, 7) is 0. The van der Waals surface area contributed by atoms with Gasteiger partial charge in [-0.3, -0.25) is 0 Å².